The smallest absolute Gasteiger partial charge is 0.251 e. The topological polar surface area (TPSA) is 32.3 Å². The van der Waals surface area contributed by atoms with E-state index in [1.807, 2.05) is 42.1 Å². The summed E-state index contributed by atoms with van der Waals surface area (Å²) in [7, 11) is 4.18. The lowest BCUT2D eigenvalue weighted by molar-refractivity contribution is 0.0954. The fourth-order valence-electron chi connectivity index (χ4n) is 2.19. The van der Waals surface area contributed by atoms with Crippen molar-refractivity contribution in [1.82, 2.24) is 10.2 Å². The predicted molar refractivity (Wildman–Crippen MR) is 98.2 cm³/mol. The fraction of sp³-hybridized carbons (Fsp3) is 0.316. The van der Waals surface area contributed by atoms with E-state index in [9.17, 15) is 4.79 Å². The Morgan fingerprint density at radius 3 is 2.48 bits per heavy atom. The number of amides is 1. The van der Waals surface area contributed by atoms with Crippen LogP contribution in [0.1, 0.15) is 15.9 Å². The maximum Gasteiger partial charge on any atom is 0.251 e. The van der Waals surface area contributed by atoms with E-state index in [0.29, 0.717) is 12.1 Å². The van der Waals surface area contributed by atoms with Crippen LogP contribution >= 0.6 is 11.8 Å². The number of nitrogens with zero attached hydrogens (tertiary/aromatic N) is 1. The molecule has 0 atom stereocenters. The van der Waals surface area contributed by atoms with Crippen molar-refractivity contribution in [3.63, 3.8) is 0 Å². The van der Waals surface area contributed by atoms with Crippen LogP contribution in [0.4, 0.5) is 0 Å². The molecule has 0 aromatic heterocycles. The number of carbonyl (C=O) groups excluding carboxylic acids is 1. The van der Waals surface area contributed by atoms with Crippen LogP contribution in [0.15, 0.2) is 59.5 Å². The molecule has 0 saturated carbocycles. The van der Waals surface area contributed by atoms with Crippen LogP contribution in [0.5, 0.6) is 0 Å². The fourth-order valence-corrected chi connectivity index (χ4v) is 3.40. The largest absolute Gasteiger partial charge is 0.352 e. The Labute approximate surface area is 143 Å². The molecule has 3 nitrogen and oxygen atoms in total. The van der Waals surface area contributed by atoms with Crippen molar-refractivity contribution < 1.29 is 4.79 Å². The van der Waals surface area contributed by atoms with Crippen molar-refractivity contribution in [2.75, 3.05) is 32.9 Å². The third-order valence-electron chi connectivity index (χ3n) is 3.48. The van der Waals surface area contributed by atoms with E-state index >= 15 is 0 Å². The molecule has 1 amide bonds. The molecule has 2 aromatic carbocycles. The second kappa shape index (κ2) is 9.38. The average Bonchev–Trinajstić information content (AvgIpc) is 2.56. The van der Waals surface area contributed by atoms with Crippen LogP contribution in [0, 0.1) is 0 Å². The summed E-state index contributed by atoms with van der Waals surface area (Å²) in [4.78, 5) is 15.5. The first-order valence-electron chi connectivity index (χ1n) is 7.85. The summed E-state index contributed by atoms with van der Waals surface area (Å²) in [5.41, 5.74) is 2.01. The molecule has 0 heterocycles. The van der Waals surface area contributed by atoms with Gasteiger partial charge in [-0.2, -0.15) is 0 Å². The molecule has 122 valence electrons. The minimum absolute atomic E-state index is 0.0108. The van der Waals surface area contributed by atoms with Crippen LogP contribution in [0.3, 0.4) is 0 Å². The Morgan fingerprint density at radius 2 is 1.74 bits per heavy atom. The quantitative estimate of drug-likeness (QED) is 0.755. The van der Waals surface area contributed by atoms with Gasteiger partial charge in [-0.15, -0.1) is 11.8 Å². The van der Waals surface area contributed by atoms with E-state index in [-0.39, 0.29) is 5.91 Å². The van der Waals surface area contributed by atoms with Crippen molar-refractivity contribution in [2.24, 2.45) is 0 Å². The molecule has 0 aliphatic heterocycles. The van der Waals surface area contributed by atoms with Gasteiger partial charge in [-0.05, 0) is 44.3 Å². The molecule has 1 N–H and O–H groups in total. The zero-order valence-corrected chi connectivity index (χ0v) is 14.6. The van der Waals surface area contributed by atoms with Crippen molar-refractivity contribution in [2.45, 2.75) is 11.3 Å². The van der Waals surface area contributed by atoms with Crippen LogP contribution in [0.25, 0.3) is 0 Å². The summed E-state index contributed by atoms with van der Waals surface area (Å²) in [6, 6.07) is 17.8. The number of nitrogens with one attached hydrogen (secondary N) is 1. The van der Waals surface area contributed by atoms with Crippen molar-refractivity contribution >= 4 is 17.7 Å². The second-order valence-electron chi connectivity index (χ2n) is 5.63. The normalized spacial score (nSPS) is 10.7. The van der Waals surface area contributed by atoms with Gasteiger partial charge in [0.25, 0.3) is 5.91 Å². The molecule has 0 aliphatic carbocycles. The highest BCUT2D eigenvalue weighted by Gasteiger charge is 2.06. The molecule has 2 rings (SSSR count). The number of hydrogen-bond acceptors (Lipinski definition) is 3. The van der Waals surface area contributed by atoms with Gasteiger partial charge in [-0.1, -0.05) is 36.4 Å². The van der Waals surface area contributed by atoms with Gasteiger partial charge in [-0.3, -0.25) is 4.79 Å². The molecule has 0 spiro atoms. The highest BCUT2D eigenvalue weighted by atomic mass is 32.2. The lowest BCUT2D eigenvalue weighted by atomic mass is 10.1. The van der Waals surface area contributed by atoms with Crippen LogP contribution in [0.2, 0.25) is 0 Å². The minimum atomic E-state index is -0.0108. The Morgan fingerprint density at radius 1 is 1.04 bits per heavy atom. The summed E-state index contributed by atoms with van der Waals surface area (Å²) in [6.45, 7) is 1.71. The first kappa shape index (κ1) is 17.6. The third kappa shape index (κ3) is 6.08. The molecule has 0 fully saturated rings. The summed E-state index contributed by atoms with van der Waals surface area (Å²) < 4.78 is 0. The maximum atomic E-state index is 12.0. The Balaban J connectivity index is 1.84. The van der Waals surface area contributed by atoms with Gasteiger partial charge < -0.3 is 10.2 Å². The summed E-state index contributed by atoms with van der Waals surface area (Å²) >= 11 is 1.88. The molecule has 0 aliphatic rings. The first-order valence-corrected chi connectivity index (χ1v) is 8.84. The highest BCUT2D eigenvalue weighted by molar-refractivity contribution is 7.99. The van der Waals surface area contributed by atoms with Gasteiger partial charge in [0.15, 0.2) is 0 Å². The molecule has 0 bridgehead atoms. The molecule has 23 heavy (non-hydrogen) atoms. The van der Waals surface area contributed by atoms with E-state index in [4.69, 9.17) is 0 Å². The number of hydrogen-bond donors (Lipinski definition) is 1. The molecule has 0 unspecified atom stereocenters. The molecule has 0 saturated heterocycles. The van der Waals surface area contributed by atoms with Crippen LogP contribution < -0.4 is 5.32 Å². The number of carbonyl (C=O) groups is 1. The summed E-state index contributed by atoms with van der Waals surface area (Å²) in [6.07, 6.45) is 0.851. The number of rotatable bonds is 8. The lowest BCUT2D eigenvalue weighted by Gasteiger charge is -2.12. The number of thioether (sulfide) groups is 1. The Kier molecular flexibility index (Phi) is 7.17. The lowest BCUT2D eigenvalue weighted by Crippen LogP contribution is -2.25. The molecule has 0 radical (unpaired) electrons. The zero-order chi connectivity index (χ0) is 16.5. The van der Waals surface area contributed by atoms with E-state index in [0.717, 1.165) is 18.7 Å². The number of benzene rings is 2. The standard InChI is InChI=1S/C19H24N2OS/c1-21(2)14-15-23-18-11-7-6-8-16(18)12-13-20-19(22)17-9-4-3-5-10-17/h3-11H,12-15H2,1-2H3,(H,20,22). The molecular weight excluding hydrogens is 304 g/mol. The predicted octanol–water partition coefficient (Wildman–Crippen LogP) is 3.31. The molecular formula is C19H24N2OS. The van der Waals surface area contributed by atoms with Crippen molar-refractivity contribution in [3.8, 4) is 0 Å². The van der Waals surface area contributed by atoms with Crippen molar-refractivity contribution in [1.29, 1.82) is 0 Å². The highest BCUT2D eigenvalue weighted by Crippen LogP contribution is 2.22. The Hall–Kier alpha value is -1.78. The molecule has 2 aromatic rings. The monoisotopic (exact) mass is 328 g/mol. The van der Waals surface area contributed by atoms with Crippen LogP contribution in [-0.4, -0.2) is 43.7 Å². The van der Waals surface area contributed by atoms with Gasteiger partial charge in [0.1, 0.15) is 0 Å². The van der Waals surface area contributed by atoms with Gasteiger partial charge in [0, 0.05) is 29.3 Å². The van der Waals surface area contributed by atoms with Gasteiger partial charge in [-0.25, -0.2) is 0 Å². The van der Waals surface area contributed by atoms with Crippen LogP contribution in [-0.2, 0) is 6.42 Å². The Bertz CT molecular complexity index is 614. The molecule has 4 heteroatoms. The van der Waals surface area contributed by atoms with Gasteiger partial charge in [0.2, 0.25) is 0 Å². The zero-order valence-electron chi connectivity index (χ0n) is 13.8. The van der Waals surface area contributed by atoms with E-state index in [1.54, 1.807) is 0 Å². The SMILES string of the molecule is CN(C)CCSc1ccccc1CCNC(=O)c1ccccc1. The van der Waals surface area contributed by atoms with Crippen molar-refractivity contribution in [3.05, 3.63) is 65.7 Å². The van der Waals surface area contributed by atoms with E-state index in [1.165, 1.54) is 10.5 Å². The maximum absolute atomic E-state index is 12.0. The van der Waals surface area contributed by atoms with E-state index < -0.39 is 0 Å². The average molecular weight is 328 g/mol. The second-order valence-corrected chi connectivity index (χ2v) is 6.77. The first-order chi connectivity index (χ1) is 11.2. The van der Waals surface area contributed by atoms with Gasteiger partial charge >= 0.3 is 0 Å². The van der Waals surface area contributed by atoms with E-state index in [2.05, 4.69) is 48.6 Å². The summed E-state index contributed by atoms with van der Waals surface area (Å²) in [5, 5.41) is 2.99. The van der Waals surface area contributed by atoms with Gasteiger partial charge in [0.05, 0.1) is 0 Å². The third-order valence-corrected chi connectivity index (χ3v) is 4.58. The minimum Gasteiger partial charge on any atom is -0.352 e. The summed E-state index contributed by atoms with van der Waals surface area (Å²) in [5.74, 6) is 1.06.